The zero-order valence-electron chi connectivity index (χ0n) is 14.3. The van der Waals surface area contributed by atoms with Crippen molar-refractivity contribution in [3.8, 4) is 5.75 Å². The third-order valence-corrected chi connectivity index (χ3v) is 6.63. The maximum atomic E-state index is 12.7. The lowest BCUT2D eigenvalue weighted by Crippen LogP contribution is -2.41. The number of ether oxygens (including phenoxy) is 1. The summed E-state index contributed by atoms with van der Waals surface area (Å²) in [4.78, 5) is 0.716. The molecule has 138 valence electrons. The molecule has 8 heteroatoms. The summed E-state index contributed by atoms with van der Waals surface area (Å²) < 4.78 is 38.5. The van der Waals surface area contributed by atoms with Gasteiger partial charge in [0.2, 0.25) is 10.0 Å². The number of furan rings is 1. The van der Waals surface area contributed by atoms with E-state index in [2.05, 4.69) is 4.72 Å². The molecule has 1 atom stereocenters. The zero-order chi connectivity index (χ0) is 18.8. The van der Waals surface area contributed by atoms with E-state index in [9.17, 15) is 13.5 Å². The largest absolute Gasteiger partial charge is 0.497 e. The van der Waals surface area contributed by atoms with Gasteiger partial charge in [-0.25, -0.2) is 13.1 Å². The van der Waals surface area contributed by atoms with Crippen LogP contribution in [0.4, 0.5) is 0 Å². The summed E-state index contributed by atoms with van der Waals surface area (Å²) in [5.41, 5.74) is -1.04. The highest BCUT2D eigenvalue weighted by Gasteiger charge is 2.37. The maximum absolute atomic E-state index is 12.7. The molecule has 0 aliphatic carbocycles. The van der Waals surface area contributed by atoms with Gasteiger partial charge in [0, 0.05) is 4.88 Å². The predicted molar refractivity (Wildman–Crippen MR) is 98.9 cm³/mol. The van der Waals surface area contributed by atoms with E-state index in [1.807, 2.05) is 5.38 Å². The maximum Gasteiger partial charge on any atom is 0.240 e. The highest BCUT2D eigenvalue weighted by atomic mass is 32.2. The van der Waals surface area contributed by atoms with E-state index in [0.717, 1.165) is 0 Å². The first-order valence-electron chi connectivity index (χ1n) is 7.81. The Labute approximate surface area is 156 Å². The van der Waals surface area contributed by atoms with Crippen LogP contribution in [-0.2, 0) is 15.6 Å². The van der Waals surface area contributed by atoms with Gasteiger partial charge in [0.1, 0.15) is 11.5 Å². The topological polar surface area (TPSA) is 88.8 Å². The molecule has 3 rings (SSSR count). The molecule has 0 spiro atoms. The van der Waals surface area contributed by atoms with E-state index in [0.29, 0.717) is 16.2 Å². The van der Waals surface area contributed by atoms with E-state index in [4.69, 9.17) is 9.15 Å². The number of rotatable bonds is 7. The molecular weight excluding hydrogens is 374 g/mol. The van der Waals surface area contributed by atoms with Crippen molar-refractivity contribution in [3.63, 3.8) is 0 Å². The van der Waals surface area contributed by atoms with E-state index in [-0.39, 0.29) is 17.2 Å². The second-order valence-electron chi connectivity index (χ2n) is 5.77. The number of benzene rings is 1. The number of sulfonamides is 1. The average Bonchev–Trinajstić information content (AvgIpc) is 3.33. The van der Waals surface area contributed by atoms with Crippen molar-refractivity contribution in [2.24, 2.45) is 0 Å². The Morgan fingerprint density at radius 2 is 2.08 bits per heavy atom. The minimum absolute atomic E-state index is 0.131. The van der Waals surface area contributed by atoms with Crippen LogP contribution >= 0.6 is 11.3 Å². The van der Waals surface area contributed by atoms with Crippen LogP contribution < -0.4 is 9.46 Å². The third-order valence-electron chi connectivity index (χ3n) is 4.05. The first-order chi connectivity index (χ1) is 12.4. The molecular formula is C18H19NO5S2. The van der Waals surface area contributed by atoms with Crippen molar-refractivity contribution in [1.29, 1.82) is 0 Å². The first-order valence-corrected chi connectivity index (χ1v) is 10.2. The molecule has 6 nitrogen and oxygen atoms in total. The third kappa shape index (κ3) is 3.54. The van der Waals surface area contributed by atoms with Gasteiger partial charge >= 0.3 is 0 Å². The average molecular weight is 393 g/mol. The molecule has 0 aliphatic rings. The number of hydrogen-bond acceptors (Lipinski definition) is 6. The molecule has 26 heavy (non-hydrogen) atoms. The summed E-state index contributed by atoms with van der Waals surface area (Å²) in [6.07, 6.45) is 1.44. The van der Waals surface area contributed by atoms with Gasteiger partial charge in [0.25, 0.3) is 0 Å². The van der Waals surface area contributed by atoms with E-state index in [1.54, 1.807) is 43.3 Å². The van der Waals surface area contributed by atoms with Gasteiger partial charge in [-0.3, -0.25) is 0 Å². The smallest absolute Gasteiger partial charge is 0.240 e. The number of nitrogens with one attached hydrogen (secondary N) is 1. The van der Waals surface area contributed by atoms with Crippen LogP contribution in [0.15, 0.2) is 63.4 Å². The molecule has 3 aromatic rings. The number of thiophene rings is 1. The standard InChI is InChI=1S/C18H19NO5S2/c1-13-11-14(23-2)7-8-15(13)26(21,22)19-12-18(20,16-5-3-9-24-16)17-6-4-10-25-17/h3-11,19-20H,12H2,1-2H3/t18-/m0/s1. The molecule has 0 fully saturated rings. The minimum atomic E-state index is -3.83. The van der Waals surface area contributed by atoms with Crippen molar-refractivity contribution in [1.82, 2.24) is 4.72 Å². The fraction of sp³-hybridized carbons (Fsp3) is 0.222. The van der Waals surface area contributed by atoms with Crippen LogP contribution in [0.3, 0.4) is 0 Å². The molecule has 2 heterocycles. The second kappa shape index (κ2) is 7.24. The van der Waals surface area contributed by atoms with Crippen molar-refractivity contribution >= 4 is 21.4 Å². The highest BCUT2D eigenvalue weighted by molar-refractivity contribution is 7.89. The molecule has 0 saturated heterocycles. The lowest BCUT2D eigenvalue weighted by atomic mass is 9.99. The van der Waals surface area contributed by atoms with Gasteiger partial charge in [0.15, 0.2) is 5.60 Å². The summed E-state index contributed by atoms with van der Waals surface area (Å²) in [7, 11) is -2.31. The van der Waals surface area contributed by atoms with Crippen molar-refractivity contribution in [2.45, 2.75) is 17.4 Å². The monoisotopic (exact) mass is 393 g/mol. The van der Waals surface area contributed by atoms with Gasteiger partial charge in [0.05, 0.1) is 24.8 Å². The Balaban J connectivity index is 1.90. The molecule has 0 saturated carbocycles. The Kier molecular flexibility index (Phi) is 5.19. The van der Waals surface area contributed by atoms with Crippen LogP contribution in [0.5, 0.6) is 5.75 Å². The molecule has 0 radical (unpaired) electrons. The van der Waals surface area contributed by atoms with Gasteiger partial charge < -0.3 is 14.3 Å². The first kappa shape index (κ1) is 18.7. The lowest BCUT2D eigenvalue weighted by molar-refractivity contribution is 0.0655. The number of aliphatic hydroxyl groups is 1. The van der Waals surface area contributed by atoms with Crippen molar-refractivity contribution < 1.29 is 22.7 Å². The molecule has 2 aromatic heterocycles. The van der Waals surface area contributed by atoms with Crippen LogP contribution in [0.2, 0.25) is 0 Å². The highest BCUT2D eigenvalue weighted by Crippen LogP contribution is 2.33. The molecule has 0 amide bonds. The quantitative estimate of drug-likeness (QED) is 0.644. The van der Waals surface area contributed by atoms with Gasteiger partial charge in [-0.05, 0) is 54.3 Å². The zero-order valence-corrected chi connectivity index (χ0v) is 15.9. The van der Waals surface area contributed by atoms with Gasteiger partial charge in [-0.2, -0.15) is 0 Å². The normalized spacial score (nSPS) is 14.1. The van der Waals surface area contributed by atoms with Crippen molar-refractivity contribution in [3.05, 3.63) is 70.3 Å². The Hall–Kier alpha value is -2.13. The number of aryl methyl sites for hydroxylation is 1. The molecule has 1 aromatic carbocycles. The summed E-state index contributed by atoms with van der Waals surface area (Å²) in [5.74, 6) is 0.848. The molecule has 0 aliphatic heterocycles. The van der Waals surface area contributed by atoms with Crippen LogP contribution in [0.1, 0.15) is 16.2 Å². The summed E-state index contributed by atoms with van der Waals surface area (Å²) >= 11 is 1.32. The van der Waals surface area contributed by atoms with Crippen molar-refractivity contribution in [2.75, 3.05) is 13.7 Å². The predicted octanol–water partition coefficient (Wildman–Crippen LogP) is 2.87. The fourth-order valence-electron chi connectivity index (χ4n) is 2.65. The van der Waals surface area contributed by atoms with E-state index < -0.39 is 15.6 Å². The van der Waals surface area contributed by atoms with E-state index >= 15 is 0 Å². The second-order valence-corrected chi connectivity index (χ2v) is 8.45. The Bertz CT molecular complexity index is 929. The lowest BCUT2D eigenvalue weighted by Gasteiger charge is -2.25. The van der Waals surface area contributed by atoms with Gasteiger partial charge in [-0.15, -0.1) is 11.3 Å². The fourth-order valence-corrected chi connectivity index (χ4v) is 4.76. The van der Waals surface area contributed by atoms with Crippen LogP contribution in [0, 0.1) is 6.92 Å². The van der Waals surface area contributed by atoms with Crippen LogP contribution in [0.25, 0.3) is 0 Å². The van der Waals surface area contributed by atoms with E-state index in [1.165, 1.54) is 30.8 Å². The summed E-state index contributed by atoms with van der Waals surface area (Å²) in [6.45, 7) is 1.43. The molecule has 2 N–H and O–H groups in total. The Morgan fingerprint density at radius 3 is 2.65 bits per heavy atom. The summed E-state index contributed by atoms with van der Waals surface area (Å²) in [6, 6.07) is 11.5. The minimum Gasteiger partial charge on any atom is -0.497 e. The number of methoxy groups -OCH3 is 1. The summed E-state index contributed by atoms with van der Waals surface area (Å²) in [5, 5.41) is 13.0. The molecule has 0 unspecified atom stereocenters. The van der Waals surface area contributed by atoms with Gasteiger partial charge in [-0.1, -0.05) is 6.07 Å². The molecule has 0 bridgehead atoms. The number of hydrogen-bond donors (Lipinski definition) is 2. The Morgan fingerprint density at radius 1 is 1.27 bits per heavy atom. The SMILES string of the molecule is COc1ccc(S(=O)(=O)NC[C@](O)(c2ccco2)c2cccs2)c(C)c1. The van der Waals surface area contributed by atoms with Crippen LogP contribution in [-0.4, -0.2) is 27.2 Å².